The normalized spacial score (nSPS) is 21.2. The molecule has 236 valence electrons. The molecule has 3 aromatic rings. The third kappa shape index (κ3) is 7.00. The number of amides is 3. The first-order valence-corrected chi connectivity index (χ1v) is 15.0. The molecule has 1 aliphatic heterocycles. The Kier molecular flexibility index (Phi) is 8.90. The van der Waals surface area contributed by atoms with E-state index in [0.717, 1.165) is 16.8 Å². The summed E-state index contributed by atoms with van der Waals surface area (Å²) in [6.07, 6.45) is -1.00. The van der Waals surface area contributed by atoms with Crippen molar-refractivity contribution in [1.82, 2.24) is 20.0 Å². The van der Waals surface area contributed by atoms with E-state index in [9.17, 15) is 14.7 Å². The van der Waals surface area contributed by atoms with Gasteiger partial charge in [0, 0.05) is 6.54 Å². The van der Waals surface area contributed by atoms with Gasteiger partial charge in [-0.15, -0.1) is 5.10 Å². The van der Waals surface area contributed by atoms with E-state index in [1.165, 1.54) is 0 Å². The summed E-state index contributed by atoms with van der Waals surface area (Å²) >= 11 is 0. The monoisotopic (exact) mass is 605 g/mol. The summed E-state index contributed by atoms with van der Waals surface area (Å²) < 4.78 is 19.1. The number of rotatable bonds is 6. The molecule has 3 N–H and O–H groups in total. The standard InChI is InChI=1S/C33H43N5O6/c1-21-28(35-30(40)34-27-24-14-10-11-15-25(24)33(5,6)18-26(27)39)38(22-12-8-7-9-13-22)36-29(21)43-20-23-19-37(16-17-42-23)31(41)44-32(2,3)4/h7-15,23,26-27,39H,16-20H2,1-6H3,(H2,34,35,40)/t23-,26-,27?/m1/s1. The highest BCUT2D eigenvalue weighted by molar-refractivity contribution is 5.90. The van der Waals surface area contributed by atoms with Crippen LogP contribution in [0.25, 0.3) is 5.69 Å². The fourth-order valence-electron chi connectivity index (χ4n) is 5.80. The van der Waals surface area contributed by atoms with Gasteiger partial charge in [0.15, 0.2) is 0 Å². The minimum Gasteiger partial charge on any atom is -0.474 e. The van der Waals surface area contributed by atoms with Gasteiger partial charge in [-0.3, -0.25) is 5.32 Å². The second-order valence-electron chi connectivity index (χ2n) is 13.1. The smallest absolute Gasteiger partial charge is 0.410 e. The molecule has 1 fully saturated rings. The molecular weight excluding hydrogens is 562 g/mol. The van der Waals surface area contributed by atoms with E-state index in [2.05, 4.69) is 35.6 Å². The zero-order chi connectivity index (χ0) is 31.6. The number of aliphatic hydroxyl groups is 1. The number of carbonyl (C=O) groups is 2. The van der Waals surface area contributed by atoms with Gasteiger partial charge in [-0.25, -0.2) is 14.3 Å². The Morgan fingerprint density at radius 2 is 1.82 bits per heavy atom. The lowest BCUT2D eigenvalue weighted by Crippen LogP contribution is -2.49. The van der Waals surface area contributed by atoms with Gasteiger partial charge in [-0.1, -0.05) is 56.3 Å². The maximum Gasteiger partial charge on any atom is 0.410 e. The summed E-state index contributed by atoms with van der Waals surface area (Å²) in [5.74, 6) is 0.759. The van der Waals surface area contributed by atoms with E-state index in [-0.39, 0.29) is 24.2 Å². The van der Waals surface area contributed by atoms with Gasteiger partial charge < -0.3 is 29.5 Å². The number of nitrogens with zero attached hydrogens (tertiary/aromatic N) is 3. The Balaban J connectivity index is 1.32. The van der Waals surface area contributed by atoms with Crippen LogP contribution in [0.4, 0.5) is 15.4 Å². The number of nitrogens with one attached hydrogen (secondary N) is 2. The first-order chi connectivity index (χ1) is 20.8. The van der Waals surface area contributed by atoms with Gasteiger partial charge in [0.2, 0.25) is 5.88 Å². The summed E-state index contributed by atoms with van der Waals surface area (Å²) in [5.41, 5.74) is 2.55. The summed E-state index contributed by atoms with van der Waals surface area (Å²) in [6, 6.07) is 16.3. The second kappa shape index (κ2) is 12.5. The van der Waals surface area contributed by atoms with Crippen molar-refractivity contribution in [3.05, 3.63) is 71.3 Å². The van der Waals surface area contributed by atoms with E-state index in [1.54, 1.807) is 9.58 Å². The van der Waals surface area contributed by atoms with Crippen LogP contribution in [-0.4, -0.2) is 76.0 Å². The van der Waals surface area contributed by atoms with Crippen molar-refractivity contribution < 1.29 is 28.9 Å². The Morgan fingerprint density at radius 1 is 1.11 bits per heavy atom. The van der Waals surface area contributed by atoms with E-state index >= 15 is 0 Å². The first-order valence-electron chi connectivity index (χ1n) is 15.0. The van der Waals surface area contributed by atoms with Gasteiger partial charge in [0.05, 0.1) is 36.5 Å². The molecule has 44 heavy (non-hydrogen) atoms. The van der Waals surface area contributed by atoms with Crippen LogP contribution < -0.4 is 15.4 Å². The first kappa shape index (κ1) is 31.3. The Hall–Kier alpha value is -4.09. The van der Waals surface area contributed by atoms with Crippen LogP contribution in [0.5, 0.6) is 5.88 Å². The van der Waals surface area contributed by atoms with Crippen molar-refractivity contribution in [2.75, 3.05) is 31.6 Å². The van der Waals surface area contributed by atoms with Crippen molar-refractivity contribution in [1.29, 1.82) is 0 Å². The third-order valence-electron chi connectivity index (χ3n) is 7.92. The zero-order valence-corrected chi connectivity index (χ0v) is 26.3. The van der Waals surface area contributed by atoms with E-state index in [0.29, 0.717) is 43.4 Å². The molecule has 2 aliphatic rings. The second-order valence-corrected chi connectivity index (χ2v) is 13.1. The molecule has 0 radical (unpaired) electrons. The van der Waals surface area contributed by atoms with Crippen molar-refractivity contribution in [2.24, 2.45) is 0 Å². The summed E-state index contributed by atoms with van der Waals surface area (Å²) in [7, 11) is 0. The number of fused-ring (bicyclic) bond motifs is 1. The molecule has 1 unspecified atom stereocenters. The van der Waals surface area contributed by atoms with Crippen LogP contribution in [0.15, 0.2) is 54.6 Å². The van der Waals surface area contributed by atoms with Gasteiger partial charge >= 0.3 is 12.1 Å². The largest absolute Gasteiger partial charge is 0.474 e. The van der Waals surface area contributed by atoms with Crippen LogP contribution in [0, 0.1) is 6.92 Å². The molecule has 5 rings (SSSR count). The van der Waals surface area contributed by atoms with Crippen LogP contribution in [0.1, 0.15) is 63.8 Å². The number of para-hydroxylation sites is 1. The number of anilines is 1. The average Bonchev–Trinajstić information content (AvgIpc) is 3.28. The Bertz CT molecular complexity index is 1480. The lowest BCUT2D eigenvalue weighted by atomic mass is 9.70. The molecule has 1 aliphatic carbocycles. The molecule has 3 atom stereocenters. The number of benzene rings is 2. The fourth-order valence-corrected chi connectivity index (χ4v) is 5.80. The fraction of sp³-hybridized carbons (Fsp3) is 0.485. The maximum absolute atomic E-state index is 13.5. The van der Waals surface area contributed by atoms with Crippen molar-refractivity contribution in [2.45, 2.75) is 77.2 Å². The molecule has 0 saturated carbocycles. The molecule has 1 saturated heterocycles. The van der Waals surface area contributed by atoms with E-state index in [4.69, 9.17) is 14.2 Å². The van der Waals surface area contributed by atoms with E-state index < -0.39 is 23.8 Å². The van der Waals surface area contributed by atoms with Crippen molar-refractivity contribution in [3.63, 3.8) is 0 Å². The number of morpholine rings is 1. The summed E-state index contributed by atoms with van der Waals surface area (Å²) in [6.45, 7) is 12.8. The number of aromatic nitrogens is 2. The molecule has 11 heteroatoms. The summed E-state index contributed by atoms with van der Waals surface area (Å²) in [4.78, 5) is 27.7. The number of hydrogen-bond donors (Lipinski definition) is 3. The lowest BCUT2D eigenvalue weighted by Gasteiger charge is -2.40. The minimum atomic E-state index is -0.750. The van der Waals surface area contributed by atoms with Gasteiger partial charge in [-0.05, 0) is 62.8 Å². The van der Waals surface area contributed by atoms with Crippen LogP contribution in [0.2, 0.25) is 0 Å². The van der Waals surface area contributed by atoms with Crippen molar-refractivity contribution in [3.8, 4) is 11.6 Å². The van der Waals surface area contributed by atoms with Crippen LogP contribution in [0.3, 0.4) is 0 Å². The molecule has 0 bridgehead atoms. The van der Waals surface area contributed by atoms with Crippen LogP contribution >= 0.6 is 0 Å². The highest BCUT2D eigenvalue weighted by Crippen LogP contribution is 2.41. The summed E-state index contributed by atoms with van der Waals surface area (Å²) in [5, 5.41) is 21.7. The van der Waals surface area contributed by atoms with Crippen molar-refractivity contribution >= 4 is 17.9 Å². The highest BCUT2D eigenvalue weighted by atomic mass is 16.6. The van der Waals surface area contributed by atoms with E-state index in [1.807, 2.05) is 76.2 Å². The van der Waals surface area contributed by atoms with Crippen LogP contribution in [-0.2, 0) is 14.9 Å². The average molecular weight is 606 g/mol. The molecule has 3 amide bonds. The number of carbonyl (C=O) groups excluding carboxylic acids is 2. The molecule has 0 spiro atoms. The quantitative estimate of drug-likeness (QED) is 0.357. The molecule has 1 aromatic heterocycles. The predicted octanol–water partition coefficient (Wildman–Crippen LogP) is 5.10. The highest BCUT2D eigenvalue weighted by Gasteiger charge is 2.39. The predicted molar refractivity (Wildman–Crippen MR) is 166 cm³/mol. The Morgan fingerprint density at radius 3 is 2.55 bits per heavy atom. The maximum atomic E-state index is 13.5. The van der Waals surface area contributed by atoms with Gasteiger partial charge in [-0.2, -0.15) is 0 Å². The molecule has 11 nitrogen and oxygen atoms in total. The number of ether oxygens (including phenoxy) is 3. The molecule has 2 aromatic carbocycles. The lowest BCUT2D eigenvalue weighted by molar-refractivity contribution is -0.0562. The number of urea groups is 1. The molecular formula is C33H43N5O6. The van der Waals surface area contributed by atoms with Gasteiger partial charge in [0.25, 0.3) is 0 Å². The number of aliphatic hydroxyl groups excluding tert-OH is 1. The molecule has 2 heterocycles. The van der Waals surface area contributed by atoms with Gasteiger partial charge in [0.1, 0.15) is 24.1 Å². The number of hydrogen-bond acceptors (Lipinski definition) is 7. The Labute approximate surface area is 258 Å². The topological polar surface area (TPSA) is 127 Å². The minimum absolute atomic E-state index is 0.151. The SMILES string of the molecule is Cc1c(OC[C@H]2CN(C(=O)OC(C)(C)C)CCO2)nn(-c2ccccc2)c1NC(=O)NC1c2ccccc2C(C)(C)C[C@H]1O. The zero-order valence-electron chi connectivity index (χ0n) is 26.3. The third-order valence-corrected chi connectivity index (χ3v) is 7.92.